The smallest absolute Gasteiger partial charge is 0.306 e. The van der Waals surface area contributed by atoms with Gasteiger partial charge in [-0.05, 0) is 31.4 Å². The van der Waals surface area contributed by atoms with E-state index in [4.69, 9.17) is 9.47 Å². The topological polar surface area (TPSA) is 52.6 Å². The lowest BCUT2D eigenvalue weighted by molar-refractivity contribution is -0.152. The van der Waals surface area contributed by atoms with E-state index < -0.39 is 23.4 Å². The van der Waals surface area contributed by atoms with Crippen LogP contribution in [0.15, 0.2) is 18.2 Å². The quantitative estimate of drug-likeness (QED) is 0.594. The van der Waals surface area contributed by atoms with E-state index in [9.17, 15) is 18.4 Å². The van der Waals surface area contributed by atoms with Gasteiger partial charge in [-0.1, -0.05) is 0 Å². The van der Waals surface area contributed by atoms with Crippen LogP contribution in [0.2, 0.25) is 0 Å². The van der Waals surface area contributed by atoms with Crippen molar-refractivity contribution in [2.75, 3.05) is 7.11 Å². The molecular formula is C17H20F2O4. The number of halogens is 2. The molecule has 2 rings (SSSR count). The monoisotopic (exact) mass is 326 g/mol. The second-order valence-corrected chi connectivity index (χ2v) is 5.68. The highest BCUT2D eigenvalue weighted by atomic mass is 19.1. The van der Waals surface area contributed by atoms with Crippen LogP contribution < -0.4 is 0 Å². The zero-order chi connectivity index (χ0) is 16.8. The van der Waals surface area contributed by atoms with Crippen molar-refractivity contribution >= 4 is 11.8 Å². The van der Waals surface area contributed by atoms with E-state index in [1.807, 2.05) is 0 Å². The van der Waals surface area contributed by atoms with Crippen molar-refractivity contribution in [3.8, 4) is 0 Å². The molecule has 0 aromatic heterocycles. The molecule has 0 N–H and O–H groups in total. The van der Waals surface area contributed by atoms with Crippen LogP contribution in [0, 0.1) is 11.6 Å². The summed E-state index contributed by atoms with van der Waals surface area (Å²) in [6, 6.07) is 2.75. The molecule has 1 aromatic rings. The van der Waals surface area contributed by atoms with E-state index in [0.717, 1.165) is 31.4 Å². The largest absolute Gasteiger partial charge is 0.462 e. The molecule has 0 spiro atoms. The summed E-state index contributed by atoms with van der Waals surface area (Å²) in [5, 5.41) is 0. The van der Waals surface area contributed by atoms with E-state index in [0.29, 0.717) is 12.5 Å². The minimum Gasteiger partial charge on any atom is -0.462 e. The molecule has 0 radical (unpaired) electrons. The normalized spacial score (nSPS) is 21.0. The van der Waals surface area contributed by atoms with Crippen molar-refractivity contribution in [3.05, 3.63) is 35.4 Å². The van der Waals surface area contributed by atoms with Gasteiger partial charge in [0.15, 0.2) is 5.78 Å². The fourth-order valence-electron chi connectivity index (χ4n) is 2.73. The Morgan fingerprint density at radius 3 is 2.61 bits per heavy atom. The summed E-state index contributed by atoms with van der Waals surface area (Å²) >= 11 is 0. The number of ketones is 1. The summed E-state index contributed by atoms with van der Waals surface area (Å²) in [5.74, 6) is -2.69. The molecule has 1 fully saturated rings. The van der Waals surface area contributed by atoms with Crippen LogP contribution in [0.4, 0.5) is 8.78 Å². The van der Waals surface area contributed by atoms with Crippen LogP contribution in [-0.4, -0.2) is 31.1 Å². The first kappa shape index (κ1) is 17.5. The van der Waals surface area contributed by atoms with Gasteiger partial charge in [-0.15, -0.1) is 0 Å². The molecule has 1 aromatic carbocycles. The van der Waals surface area contributed by atoms with Gasteiger partial charge in [-0.25, -0.2) is 8.78 Å². The van der Waals surface area contributed by atoms with Gasteiger partial charge in [0, 0.05) is 26.0 Å². The number of carbonyl (C=O) groups is 2. The number of benzene rings is 1. The third kappa shape index (κ3) is 5.10. The molecule has 6 heteroatoms. The Hall–Kier alpha value is -1.82. The summed E-state index contributed by atoms with van der Waals surface area (Å²) < 4.78 is 36.9. The highest BCUT2D eigenvalue weighted by Crippen LogP contribution is 2.23. The molecule has 126 valence electrons. The third-order valence-electron chi connectivity index (χ3n) is 4.00. The molecular weight excluding hydrogens is 306 g/mol. The van der Waals surface area contributed by atoms with Crippen LogP contribution in [0.25, 0.3) is 0 Å². The first-order chi connectivity index (χ1) is 11.0. The van der Waals surface area contributed by atoms with Gasteiger partial charge in [0.1, 0.15) is 17.7 Å². The molecule has 2 atom stereocenters. The lowest BCUT2D eigenvalue weighted by atomic mass is 9.95. The van der Waals surface area contributed by atoms with Crippen molar-refractivity contribution in [1.82, 2.24) is 0 Å². The van der Waals surface area contributed by atoms with Crippen molar-refractivity contribution in [2.45, 2.75) is 50.7 Å². The maximum absolute atomic E-state index is 13.5. The van der Waals surface area contributed by atoms with Crippen LogP contribution in [0.3, 0.4) is 0 Å². The fourth-order valence-corrected chi connectivity index (χ4v) is 2.73. The Bertz CT molecular complexity index is 574. The summed E-state index contributed by atoms with van der Waals surface area (Å²) in [5.41, 5.74) is -0.212. The molecule has 0 bridgehead atoms. The molecule has 4 nitrogen and oxygen atoms in total. The molecule has 0 saturated heterocycles. The van der Waals surface area contributed by atoms with E-state index in [-0.39, 0.29) is 30.6 Å². The predicted octanol–water partition coefficient (Wildman–Crippen LogP) is 3.43. The molecule has 0 aliphatic heterocycles. The van der Waals surface area contributed by atoms with Crippen LogP contribution in [-0.2, 0) is 14.3 Å². The Morgan fingerprint density at radius 1 is 1.17 bits per heavy atom. The lowest BCUT2D eigenvalue weighted by Gasteiger charge is -2.27. The lowest BCUT2D eigenvalue weighted by Crippen LogP contribution is -2.29. The summed E-state index contributed by atoms with van der Waals surface area (Å²) in [6.45, 7) is 0. The highest BCUT2D eigenvalue weighted by Gasteiger charge is 2.25. The van der Waals surface area contributed by atoms with Gasteiger partial charge in [0.2, 0.25) is 0 Å². The molecule has 23 heavy (non-hydrogen) atoms. The summed E-state index contributed by atoms with van der Waals surface area (Å²) in [4.78, 5) is 23.7. The Labute approximate surface area is 133 Å². The zero-order valence-corrected chi connectivity index (χ0v) is 13.0. The average Bonchev–Trinajstić information content (AvgIpc) is 2.53. The van der Waals surface area contributed by atoms with Crippen molar-refractivity contribution in [2.24, 2.45) is 0 Å². The van der Waals surface area contributed by atoms with E-state index in [1.54, 1.807) is 7.11 Å². The van der Waals surface area contributed by atoms with Gasteiger partial charge in [0.25, 0.3) is 0 Å². The standard InChI is InChI=1S/C17H20F2O4/c1-22-12-3-2-4-13(10-12)23-17(21)8-7-16(20)14-6-5-11(18)9-15(14)19/h5-6,9,12-13H,2-4,7-8,10H2,1H3/t12-,13-/m1/s1. The number of hydrogen-bond donors (Lipinski definition) is 0. The van der Waals surface area contributed by atoms with E-state index in [2.05, 4.69) is 0 Å². The van der Waals surface area contributed by atoms with Crippen molar-refractivity contribution < 1.29 is 27.8 Å². The van der Waals surface area contributed by atoms with Gasteiger partial charge in [0.05, 0.1) is 18.1 Å². The van der Waals surface area contributed by atoms with Gasteiger partial charge >= 0.3 is 5.97 Å². The van der Waals surface area contributed by atoms with Gasteiger partial charge in [-0.2, -0.15) is 0 Å². The Kier molecular flexibility index (Phi) is 6.21. The minimum atomic E-state index is -0.918. The Balaban J connectivity index is 1.80. The molecule has 1 saturated carbocycles. The van der Waals surface area contributed by atoms with E-state index >= 15 is 0 Å². The van der Waals surface area contributed by atoms with Gasteiger partial charge < -0.3 is 9.47 Å². The van der Waals surface area contributed by atoms with Crippen LogP contribution in [0.1, 0.15) is 48.9 Å². The van der Waals surface area contributed by atoms with Crippen molar-refractivity contribution in [1.29, 1.82) is 0 Å². The fraction of sp³-hybridized carbons (Fsp3) is 0.529. The molecule has 1 aliphatic carbocycles. The van der Waals surface area contributed by atoms with Crippen molar-refractivity contribution in [3.63, 3.8) is 0 Å². The second kappa shape index (κ2) is 8.15. The third-order valence-corrected chi connectivity index (χ3v) is 4.00. The molecule has 1 aliphatic rings. The van der Waals surface area contributed by atoms with Gasteiger partial charge in [-0.3, -0.25) is 9.59 Å². The number of ether oxygens (including phenoxy) is 2. The second-order valence-electron chi connectivity index (χ2n) is 5.68. The number of rotatable bonds is 6. The number of Topliss-reactive ketones (excluding diaryl/α,β-unsaturated/α-hetero) is 1. The summed E-state index contributed by atoms with van der Waals surface area (Å²) in [6.07, 6.45) is 2.93. The zero-order valence-electron chi connectivity index (χ0n) is 13.0. The average molecular weight is 326 g/mol. The SMILES string of the molecule is CO[C@@H]1CCC[C@@H](OC(=O)CCC(=O)c2ccc(F)cc2F)C1. The molecule has 0 unspecified atom stereocenters. The van der Waals surface area contributed by atoms with Crippen LogP contribution in [0.5, 0.6) is 0 Å². The molecule has 0 heterocycles. The number of methoxy groups -OCH3 is 1. The number of hydrogen-bond acceptors (Lipinski definition) is 4. The van der Waals surface area contributed by atoms with E-state index in [1.165, 1.54) is 0 Å². The molecule has 0 amide bonds. The maximum Gasteiger partial charge on any atom is 0.306 e. The summed E-state index contributed by atoms with van der Waals surface area (Å²) in [7, 11) is 1.63. The first-order valence-corrected chi connectivity index (χ1v) is 7.70. The highest BCUT2D eigenvalue weighted by molar-refractivity contribution is 5.97. The van der Waals surface area contributed by atoms with Crippen LogP contribution >= 0.6 is 0 Å². The Morgan fingerprint density at radius 2 is 1.91 bits per heavy atom. The predicted molar refractivity (Wildman–Crippen MR) is 79.1 cm³/mol. The number of carbonyl (C=O) groups excluding carboxylic acids is 2. The maximum atomic E-state index is 13.5. The first-order valence-electron chi connectivity index (χ1n) is 7.70. The minimum absolute atomic E-state index is 0.0940. The number of esters is 1.